The van der Waals surface area contributed by atoms with Gasteiger partial charge in [0, 0.05) is 25.7 Å². The summed E-state index contributed by atoms with van der Waals surface area (Å²) >= 11 is 0. The van der Waals surface area contributed by atoms with Gasteiger partial charge in [-0.25, -0.2) is 4.39 Å². The third-order valence-electron chi connectivity index (χ3n) is 3.15. The summed E-state index contributed by atoms with van der Waals surface area (Å²) in [6.45, 7) is 2.75. The van der Waals surface area contributed by atoms with E-state index in [1.165, 1.54) is 23.1 Å². The van der Waals surface area contributed by atoms with Crippen molar-refractivity contribution in [2.75, 3.05) is 26.7 Å². The van der Waals surface area contributed by atoms with E-state index < -0.39 is 0 Å². The molecular formula is C13H15FN2O2. The van der Waals surface area contributed by atoms with Crippen LogP contribution < -0.4 is 0 Å². The molecule has 1 saturated heterocycles. The van der Waals surface area contributed by atoms with Gasteiger partial charge in [0.05, 0.1) is 0 Å². The smallest absolute Gasteiger partial charge is 0.254 e. The Labute approximate surface area is 105 Å². The maximum atomic E-state index is 13.1. The Morgan fingerprint density at radius 2 is 2.06 bits per heavy atom. The summed E-state index contributed by atoms with van der Waals surface area (Å²) in [5.74, 6) is -0.631. The van der Waals surface area contributed by atoms with E-state index >= 15 is 0 Å². The van der Waals surface area contributed by atoms with Crippen molar-refractivity contribution in [1.29, 1.82) is 0 Å². The topological polar surface area (TPSA) is 40.6 Å². The molecule has 0 atom stereocenters. The molecule has 18 heavy (non-hydrogen) atoms. The van der Waals surface area contributed by atoms with Crippen LogP contribution in [0.2, 0.25) is 0 Å². The lowest BCUT2D eigenvalue weighted by Crippen LogP contribution is -2.50. The number of halogens is 1. The largest absolute Gasteiger partial charge is 0.342 e. The van der Waals surface area contributed by atoms with Gasteiger partial charge < -0.3 is 9.80 Å². The minimum Gasteiger partial charge on any atom is -0.342 e. The van der Waals surface area contributed by atoms with Gasteiger partial charge in [-0.05, 0) is 30.7 Å². The van der Waals surface area contributed by atoms with Crippen LogP contribution in [0.25, 0.3) is 0 Å². The summed E-state index contributed by atoms with van der Waals surface area (Å²) in [6.07, 6.45) is 0. The lowest BCUT2D eigenvalue weighted by atomic mass is 10.1. The Bertz CT molecular complexity index is 502. The fourth-order valence-electron chi connectivity index (χ4n) is 1.89. The van der Waals surface area contributed by atoms with E-state index in [-0.39, 0.29) is 24.2 Å². The van der Waals surface area contributed by atoms with Gasteiger partial charge in [-0.2, -0.15) is 0 Å². The van der Waals surface area contributed by atoms with E-state index in [1.807, 2.05) is 0 Å². The molecule has 0 aromatic heterocycles. The molecule has 0 spiro atoms. The van der Waals surface area contributed by atoms with Gasteiger partial charge in [0.2, 0.25) is 5.91 Å². The monoisotopic (exact) mass is 250 g/mol. The number of piperazine rings is 1. The van der Waals surface area contributed by atoms with E-state index in [0.29, 0.717) is 24.2 Å². The van der Waals surface area contributed by atoms with Gasteiger partial charge in [-0.1, -0.05) is 0 Å². The van der Waals surface area contributed by atoms with Crippen molar-refractivity contribution >= 4 is 11.8 Å². The Balaban J connectivity index is 2.16. The number of likely N-dealkylation sites (N-methyl/N-ethyl adjacent to an activating group) is 1. The summed E-state index contributed by atoms with van der Waals surface area (Å²) in [5.41, 5.74) is 0.854. The normalized spacial score (nSPS) is 16.1. The minimum atomic E-state index is -0.332. The van der Waals surface area contributed by atoms with Gasteiger partial charge >= 0.3 is 0 Å². The van der Waals surface area contributed by atoms with Crippen molar-refractivity contribution in [3.63, 3.8) is 0 Å². The molecule has 1 aromatic rings. The maximum absolute atomic E-state index is 13.1. The number of aryl methyl sites for hydroxylation is 1. The average Bonchev–Trinajstić information content (AvgIpc) is 2.35. The van der Waals surface area contributed by atoms with E-state index in [9.17, 15) is 14.0 Å². The quantitative estimate of drug-likeness (QED) is 0.747. The zero-order valence-corrected chi connectivity index (χ0v) is 10.4. The Morgan fingerprint density at radius 3 is 2.67 bits per heavy atom. The molecule has 0 unspecified atom stereocenters. The molecule has 1 aromatic carbocycles. The minimum absolute atomic E-state index is 0.0755. The van der Waals surface area contributed by atoms with Gasteiger partial charge in [0.25, 0.3) is 5.91 Å². The molecular weight excluding hydrogens is 235 g/mol. The highest BCUT2D eigenvalue weighted by Gasteiger charge is 2.25. The number of hydrogen-bond donors (Lipinski definition) is 0. The fourth-order valence-corrected chi connectivity index (χ4v) is 1.89. The van der Waals surface area contributed by atoms with Crippen LogP contribution in [0.15, 0.2) is 18.2 Å². The molecule has 0 bridgehead atoms. The number of hydrogen-bond acceptors (Lipinski definition) is 2. The fraction of sp³-hybridized carbons (Fsp3) is 0.385. The summed E-state index contributed by atoms with van der Waals surface area (Å²) < 4.78 is 13.1. The first-order chi connectivity index (χ1) is 8.49. The molecule has 0 aliphatic carbocycles. The lowest BCUT2D eigenvalue weighted by Gasteiger charge is -2.32. The molecule has 2 amide bonds. The molecule has 0 radical (unpaired) electrons. The van der Waals surface area contributed by atoms with Crippen molar-refractivity contribution in [3.05, 3.63) is 35.1 Å². The summed E-state index contributed by atoms with van der Waals surface area (Å²) in [7, 11) is 1.71. The number of benzene rings is 1. The molecule has 1 aliphatic heterocycles. The SMILES string of the molecule is Cc1cc(C(=O)N2CCN(C)C(=O)C2)ccc1F. The second-order valence-electron chi connectivity index (χ2n) is 4.51. The highest BCUT2D eigenvalue weighted by molar-refractivity contribution is 5.97. The van der Waals surface area contributed by atoms with E-state index in [2.05, 4.69) is 0 Å². The van der Waals surface area contributed by atoms with Crippen LogP contribution in [0, 0.1) is 12.7 Å². The zero-order valence-electron chi connectivity index (χ0n) is 10.4. The summed E-state index contributed by atoms with van der Waals surface area (Å²) in [4.78, 5) is 26.8. The molecule has 0 saturated carbocycles. The van der Waals surface area contributed by atoms with Crippen LogP contribution in [0.1, 0.15) is 15.9 Å². The molecule has 2 rings (SSSR count). The van der Waals surface area contributed by atoms with Crippen LogP contribution in [0.3, 0.4) is 0 Å². The third-order valence-corrected chi connectivity index (χ3v) is 3.15. The first-order valence-electron chi connectivity index (χ1n) is 5.78. The van der Waals surface area contributed by atoms with E-state index in [1.54, 1.807) is 18.9 Å². The average molecular weight is 250 g/mol. The predicted molar refractivity (Wildman–Crippen MR) is 64.7 cm³/mol. The summed E-state index contributed by atoms with van der Waals surface area (Å²) in [5, 5.41) is 0. The molecule has 1 aliphatic rings. The van der Waals surface area contributed by atoms with Gasteiger partial charge in [-0.15, -0.1) is 0 Å². The van der Waals surface area contributed by atoms with Crippen molar-refractivity contribution in [3.8, 4) is 0 Å². The van der Waals surface area contributed by atoms with Gasteiger partial charge in [0.15, 0.2) is 0 Å². The highest BCUT2D eigenvalue weighted by atomic mass is 19.1. The van der Waals surface area contributed by atoms with Crippen LogP contribution in [-0.2, 0) is 4.79 Å². The van der Waals surface area contributed by atoms with Crippen LogP contribution in [-0.4, -0.2) is 48.3 Å². The van der Waals surface area contributed by atoms with Crippen LogP contribution in [0.5, 0.6) is 0 Å². The molecule has 0 N–H and O–H groups in total. The number of amides is 2. The lowest BCUT2D eigenvalue weighted by molar-refractivity contribution is -0.133. The van der Waals surface area contributed by atoms with Crippen molar-refractivity contribution < 1.29 is 14.0 Å². The van der Waals surface area contributed by atoms with Gasteiger partial charge in [0.1, 0.15) is 12.4 Å². The maximum Gasteiger partial charge on any atom is 0.254 e. The predicted octanol–water partition coefficient (Wildman–Crippen LogP) is 1.05. The van der Waals surface area contributed by atoms with E-state index in [0.717, 1.165) is 0 Å². The molecule has 4 nitrogen and oxygen atoms in total. The second-order valence-corrected chi connectivity index (χ2v) is 4.51. The molecule has 1 fully saturated rings. The first kappa shape index (κ1) is 12.5. The van der Waals surface area contributed by atoms with Crippen LogP contribution in [0.4, 0.5) is 4.39 Å². The van der Waals surface area contributed by atoms with Crippen LogP contribution >= 0.6 is 0 Å². The zero-order chi connectivity index (χ0) is 13.3. The third kappa shape index (κ3) is 2.34. The number of rotatable bonds is 1. The Morgan fingerprint density at radius 1 is 1.33 bits per heavy atom. The van der Waals surface area contributed by atoms with Gasteiger partial charge in [-0.3, -0.25) is 9.59 Å². The number of nitrogens with zero attached hydrogens (tertiary/aromatic N) is 2. The number of carbonyl (C=O) groups is 2. The highest BCUT2D eigenvalue weighted by Crippen LogP contribution is 2.13. The number of carbonyl (C=O) groups excluding carboxylic acids is 2. The van der Waals surface area contributed by atoms with Crippen molar-refractivity contribution in [2.45, 2.75) is 6.92 Å². The Hall–Kier alpha value is -1.91. The molecule has 96 valence electrons. The van der Waals surface area contributed by atoms with Crippen molar-refractivity contribution in [1.82, 2.24) is 9.80 Å². The summed E-state index contributed by atoms with van der Waals surface area (Å²) in [6, 6.07) is 4.24. The second kappa shape index (κ2) is 4.76. The standard InChI is InChI=1S/C13H15FN2O2/c1-9-7-10(3-4-11(9)14)13(18)16-6-5-15(2)12(17)8-16/h3-4,7H,5-6,8H2,1-2H3. The van der Waals surface area contributed by atoms with Crippen molar-refractivity contribution in [2.24, 2.45) is 0 Å². The molecule has 1 heterocycles. The molecule has 5 heteroatoms. The Kier molecular flexibility index (Phi) is 3.32. The van der Waals surface area contributed by atoms with E-state index in [4.69, 9.17) is 0 Å². The first-order valence-corrected chi connectivity index (χ1v) is 5.78.